The Morgan fingerprint density at radius 3 is 2.36 bits per heavy atom. The molecule has 1 heterocycles. The van der Waals surface area contributed by atoms with Crippen molar-refractivity contribution >= 4 is 32.6 Å². The standard InChI is InChI=1S/C22H28N2O2S2/c1-4-5-7-12-21-18(3)27-22(23-19-10-8-6-9-11-19)24(21)28(25,26)20-15-13-17(2)14-16-20/h6,8-11,13-16,18,21H,4-5,7,12H2,1-3H3/t18-,21-/m1/s1. The van der Waals surface area contributed by atoms with Gasteiger partial charge in [0.1, 0.15) is 0 Å². The lowest BCUT2D eigenvalue weighted by atomic mass is 10.1. The Hall–Kier alpha value is -1.79. The van der Waals surface area contributed by atoms with E-state index in [9.17, 15) is 8.42 Å². The van der Waals surface area contributed by atoms with Gasteiger partial charge in [-0.15, -0.1) is 0 Å². The fourth-order valence-electron chi connectivity index (χ4n) is 3.38. The van der Waals surface area contributed by atoms with Gasteiger partial charge in [0.2, 0.25) is 0 Å². The maximum absolute atomic E-state index is 13.6. The SMILES string of the molecule is CCCCC[C@@H]1[C@@H](C)SC(=Nc2ccccc2)N1S(=O)(=O)c1ccc(C)cc1. The summed E-state index contributed by atoms with van der Waals surface area (Å²) in [6.45, 7) is 6.22. The monoisotopic (exact) mass is 416 g/mol. The predicted molar refractivity (Wildman–Crippen MR) is 119 cm³/mol. The fraction of sp³-hybridized carbons (Fsp3) is 0.409. The quantitative estimate of drug-likeness (QED) is 0.539. The van der Waals surface area contributed by atoms with Crippen LogP contribution in [0, 0.1) is 6.92 Å². The molecule has 1 saturated heterocycles. The van der Waals surface area contributed by atoms with Crippen molar-refractivity contribution in [3.8, 4) is 0 Å². The Labute approximate surface area is 173 Å². The maximum Gasteiger partial charge on any atom is 0.266 e. The van der Waals surface area contributed by atoms with E-state index in [-0.39, 0.29) is 11.3 Å². The molecule has 1 fully saturated rings. The van der Waals surface area contributed by atoms with E-state index in [1.54, 1.807) is 28.2 Å². The van der Waals surface area contributed by atoms with E-state index < -0.39 is 10.0 Å². The van der Waals surface area contributed by atoms with Crippen LogP contribution in [-0.2, 0) is 10.0 Å². The molecule has 1 aliphatic heterocycles. The molecule has 0 radical (unpaired) electrons. The molecule has 0 aromatic heterocycles. The molecule has 0 aliphatic carbocycles. The summed E-state index contributed by atoms with van der Waals surface area (Å²) in [6.07, 6.45) is 4.09. The van der Waals surface area contributed by atoms with Crippen molar-refractivity contribution in [2.24, 2.45) is 4.99 Å². The number of sulfonamides is 1. The molecule has 1 aliphatic rings. The molecule has 4 nitrogen and oxygen atoms in total. The molecule has 0 unspecified atom stereocenters. The van der Waals surface area contributed by atoms with Gasteiger partial charge in [-0.3, -0.25) is 0 Å². The van der Waals surface area contributed by atoms with Crippen LogP contribution in [-0.4, -0.2) is 29.2 Å². The zero-order chi connectivity index (χ0) is 20.1. The summed E-state index contributed by atoms with van der Waals surface area (Å²) in [5.41, 5.74) is 1.82. The average molecular weight is 417 g/mol. The molecule has 0 amide bonds. The Bertz CT molecular complexity index is 909. The van der Waals surface area contributed by atoms with Crippen LogP contribution in [0.15, 0.2) is 64.5 Å². The van der Waals surface area contributed by atoms with E-state index in [2.05, 4.69) is 13.8 Å². The zero-order valence-electron chi connectivity index (χ0n) is 16.7. The molecule has 3 rings (SSSR count). The van der Waals surface area contributed by atoms with E-state index in [0.717, 1.165) is 36.9 Å². The average Bonchev–Trinajstić information content (AvgIpc) is 2.99. The second-order valence-electron chi connectivity index (χ2n) is 7.23. The number of hydrogen-bond donors (Lipinski definition) is 0. The largest absolute Gasteiger partial charge is 0.266 e. The van der Waals surface area contributed by atoms with E-state index in [1.807, 2.05) is 49.4 Å². The minimum Gasteiger partial charge on any atom is -0.240 e. The van der Waals surface area contributed by atoms with Gasteiger partial charge < -0.3 is 0 Å². The van der Waals surface area contributed by atoms with Crippen LogP contribution in [0.1, 0.15) is 45.1 Å². The van der Waals surface area contributed by atoms with Crippen LogP contribution >= 0.6 is 11.8 Å². The Morgan fingerprint density at radius 1 is 1.04 bits per heavy atom. The molecule has 0 N–H and O–H groups in total. The van der Waals surface area contributed by atoms with E-state index >= 15 is 0 Å². The normalized spacial score (nSPS) is 21.4. The van der Waals surface area contributed by atoms with Gasteiger partial charge >= 0.3 is 0 Å². The van der Waals surface area contributed by atoms with Crippen LogP contribution in [0.4, 0.5) is 5.69 Å². The molecule has 2 aromatic rings. The zero-order valence-corrected chi connectivity index (χ0v) is 18.3. The summed E-state index contributed by atoms with van der Waals surface area (Å²) >= 11 is 1.56. The van der Waals surface area contributed by atoms with Crippen molar-refractivity contribution < 1.29 is 8.42 Å². The van der Waals surface area contributed by atoms with E-state index in [1.165, 1.54) is 0 Å². The first kappa shape index (κ1) is 20.9. The molecule has 0 bridgehead atoms. The van der Waals surface area contributed by atoms with Gasteiger partial charge in [0, 0.05) is 5.25 Å². The van der Waals surface area contributed by atoms with E-state index in [4.69, 9.17) is 4.99 Å². The van der Waals surface area contributed by atoms with Crippen molar-refractivity contribution in [2.45, 2.75) is 62.6 Å². The minimum absolute atomic E-state index is 0.0784. The van der Waals surface area contributed by atoms with E-state index in [0.29, 0.717) is 10.1 Å². The van der Waals surface area contributed by atoms with Gasteiger partial charge in [-0.25, -0.2) is 17.7 Å². The number of benzene rings is 2. The maximum atomic E-state index is 13.6. The lowest BCUT2D eigenvalue weighted by molar-refractivity contribution is 0.402. The van der Waals surface area contributed by atoms with Crippen LogP contribution in [0.2, 0.25) is 0 Å². The third kappa shape index (κ3) is 4.61. The van der Waals surface area contributed by atoms with Gasteiger partial charge in [0.25, 0.3) is 10.0 Å². The lowest BCUT2D eigenvalue weighted by Crippen LogP contribution is -2.41. The van der Waals surface area contributed by atoms with Gasteiger partial charge in [-0.05, 0) is 37.6 Å². The van der Waals surface area contributed by atoms with Gasteiger partial charge in [0.05, 0.1) is 16.6 Å². The summed E-state index contributed by atoms with van der Waals surface area (Å²) in [4.78, 5) is 5.03. The van der Waals surface area contributed by atoms with Gasteiger partial charge in [0.15, 0.2) is 5.17 Å². The number of hydrogen-bond acceptors (Lipinski definition) is 4. The highest BCUT2D eigenvalue weighted by Crippen LogP contribution is 2.39. The first-order chi connectivity index (χ1) is 13.4. The summed E-state index contributed by atoms with van der Waals surface area (Å²) in [7, 11) is -3.66. The first-order valence-corrected chi connectivity index (χ1v) is 12.2. The number of unbranched alkanes of at least 4 members (excludes halogenated alkanes) is 2. The first-order valence-electron chi connectivity index (χ1n) is 9.85. The number of aliphatic imine (C=N–C) groups is 1. The fourth-order valence-corrected chi connectivity index (χ4v) is 6.62. The molecule has 2 atom stereocenters. The Balaban J connectivity index is 2.02. The highest BCUT2D eigenvalue weighted by molar-refractivity contribution is 8.15. The minimum atomic E-state index is -3.66. The van der Waals surface area contributed by atoms with Crippen molar-refractivity contribution in [1.29, 1.82) is 0 Å². The number of aryl methyl sites for hydroxylation is 1. The molecule has 0 saturated carbocycles. The molecule has 2 aromatic carbocycles. The van der Waals surface area contributed by atoms with Gasteiger partial charge in [-0.2, -0.15) is 0 Å². The molecule has 28 heavy (non-hydrogen) atoms. The summed E-state index contributed by atoms with van der Waals surface area (Å²) in [5, 5.41) is 0.736. The van der Waals surface area contributed by atoms with Crippen LogP contribution in [0.3, 0.4) is 0 Å². The summed E-state index contributed by atoms with van der Waals surface area (Å²) in [5.74, 6) is 0. The molecular formula is C22H28N2O2S2. The van der Waals surface area contributed by atoms with Crippen LogP contribution < -0.4 is 0 Å². The highest BCUT2D eigenvalue weighted by Gasteiger charge is 2.43. The smallest absolute Gasteiger partial charge is 0.240 e. The summed E-state index contributed by atoms with van der Waals surface area (Å²) in [6, 6.07) is 16.6. The topological polar surface area (TPSA) is 49.7 Å². The molecule has 150 valence electrons. The number of nitrogens with zero attached hydrogens (tertiary/aromatic N) is 2. The lowest BCUT2D eigenvalue weighted by Gasteiger charge is -2.27. The molecule has 0 spiro atoms. The van der Waals surface area contributed by atoms with Crippen molar-refractivity contribution in [3.63, 3.8) is 0 Å². The number of rotatable bonds is 7. The summed E-state index contributed by atoms with van der Waals surface area (Å²) < 4.78 is 28.7. The van der Waals surface area contributed by atoms with Crippen molar-refractivity contribution in [1.82, 2.24) is 4.31 Å². The number of para-hydroxylation sites is 1. The predicted octanol–water partition coefficient (Wildman–Crippen LogP) is 5.76. The van der Waals surface area contributed by atoms with Gasteiger partial charge in [-0.1, -0.05) is 80.8 Å². The van der Waals surface area contributed by atoms with Crippen LogP contribution in [0.5, 0.6) is 0 Å². The second kappa shape index (κ2) is 9.14. The Kier molecular flexibility index (Phi) is 6.83. The second-order valence-corrected chi connectivity index (χ2v) is 10.4. The Morgan fingerprint density at radius 2 is 1.71 bits per heavy atom. The van der Waals surface area contributed by atoms with Crippen LogP contribution in [0.25, 0.3) is 0 Å². The molecule has 6 heteroatoms. The third-order valence-electron chi connectivity index (χ3n) is 4.99. The molecular weight excluding hydrogens is 388 g/mol. The number of amidine groups is 1. The van der Waals surface area contributed by atoms with Crippen molar-refractivity contribution in [3.05, 3.63) is 60.2 Å². The highest BCUT2D eigenvalue weighted by atomic mass is 32.2. The third-order valence-corrected chi connectivity index (χ3v) is 8.11. The number of thioether (sulfide) groups is 1. The van der Waals surface area contributed by atoms with Crippen molar-refractivity contribution in [2.75, 3.05) is 0 Å².